The first-order chi connectivity index (χ1) is 8.00. The Morgan fingerprint density at radius 2 is 2.00 bits per heavy atom. The van der Waals surface area contributed by atoms with E-state index in [9.17, 15) is 4.79 Å². The van der Waals surface area contributed by atoms with Crippen LogP contribution in [0.5, 0.6) is 0 Å². The lowest BCUT2D eigenvalue weighted by Crippen LogP contribution is -2.21. The molecule has 0 aromatic heterocycles. The van der Waals surface area contributed by atoms with Crippen LogP contribution < -0.4 is 5.32 Å². The normalized spacial score (nSPS) is 10.5. The van der Waals surface area contributed by atoms with Crippen LogP contribution in [0.4, 0.5) is 0 Å². The maximum absolute atomic E-state index is 11.4. The Balaban J connectivity index is 2.70. The van der Waals surface area contributed by atoms with Crippen LogP contribution >= 0.6 is 39.1 Å². The molecule has 0 saturated carbocycles. The number of amides is 1. The van der Waals surface area contributed by atoms with Crippen LogP contribution in [-0.4, -0.2) is 12.5 Å². The SMILES string of the molecule is C=C(Br)CNC(=O)/C=C/c1c(Cl)cccc1Cl. The largest absolute Gasteiger partial charge is 0.348 e. The Morgan fingerprint density at radius 3 is 2.53 bits per heavy atom. The number of rotatable bonds is 4. The minimum Gasteiger partial charge on any atom is -0.348 e. The summed E-state index contributed by atoms with van der Waals surface area (Å²) in [6, 6.07) is 5.17. The van der Waals surface area contributed by atoms with Crippen LogP contribution in [0.1, 0.15) is 5.56 Å². The highest BCUT2D eigenvalue weighted by Crippen LogP contribution is 2.25. The second kappa shape index (κ2) is 6.84. The average Bonchev–Trinajstić information content (AvgIpc) is 2.25. The van der Waals surface area contributed by atoms with Gasteiger partial charge in [-0.1, -0.05) is 51.8 Å². The molecule has 1 aromatic carbocycles. The Bertz CT molecular complexity index is 451. The third-order valence-corrected chi connectivity index (χ3v) is 2.80. The Kier molecular flexibility index (Phi) is 5.75. The maximum atomic E-state index is 11.4. The van der Waals surface area contributed by atoms with Crippen LogP contribution in [-0.2, 0) is 4.79 Å². The number of carbonyl (C=O) groups is 1. The number of hydrogen-bond donors (Lipinski definition) is 1. The van der Waals surface area contributed by atoms with Gasteiger partial charge in [0.05, 0.1) is 0 Å². The molecule has 0 saturated heterocycles. The van der Waals surface area contributed by atoms with Gasteiger partial charge in [-0.05, 0) is 18.2 Å². The molecule has 0 bridgehead atoms. The van der Waals surface area contributed by atoms with Gasteiger partial charge in [0, 0.05) is 32.7 Å². The van der Waals surface area contributed by atoms with E-state index in [0.717, 1.165) is 0 Å². The van der Waals surface area contributed by atoms with Crippen LogP contribution in [0, 0.1) is 0 Å². The van der Waals surface area contributed by atoms with Crippen molar-refractivity contribution in [1.29, 1.82) is 0 Å². The summed E-state index contributed by atoms with van der Waals surface area (Å²) in [4.78, 5) is 11.4. The summed E-state index contributed by atoms with van der Waals surface area (Å²) in [5, 5.41) is 3.64. The molecule has 0 unspecified atom stereocenters. The fourth-order valence-electron chi connectivity index (χ4n) is 1.07. The van der Waals surface area contributed by atoms with Gasteiger partial charge in [0.25, 0.3) is 0 Å². The van der Waals surface area contributed by atoms with Crippen molar-refractivity contribution in [2.45, 2.75) is 0 Å². The third kappa shape index (κ3) is 4.94. The monoisotopic (exact) mass is 333 g/mol. The van der Waals surface area contributed by atoms with E-state index in [4.69, 9.17) is 23.2 Å². The summed E-state index contributed by atoms with van der Waals surface area (Å²) in [5.74, 6) is -0.235. The number of carbonyl (C=O) groups excluding carboxylic acids is 1. The van der Waals surface area contributed by atoms with Gasteiger partial charge in [0.2, 0.25) is 5.91 Å². The molecule has 0 aliphatic heterocycles. The first-order valence-electron chi connectivity index (χ1n) is 4.74. The van der Waals surface area contributed by atoms with E-state index in [1.807, 2.05) is 0 Å². The van der Waals surface area contributed by atoms with Gasteiger partial charge < -0.3 is 5.32 Å². The zero-order valence-electron chi connectivity index (χ0n) is 8.84. The Labute approximate surface area is 118 Å². The van der Waals surface area contributed by atoms with E-state index in [0.29, 0.717) is 26.6 Å². The van der Waals surface area contributed by atoms with Gasteiger partial charge >= 0.3 is 0 Å². The molecular formula is C12H10BrCl2NO. The lowest BCUT2D eigenvalue weighted by Gasteiger charge is -2.01. The lowest BCUT2D eigenvalue weighted by molar-refractivity contribution is -0.116. The van der Waals surface area contributed by atoms with E-state index in [1.165, 1.54) is 6.08 Å². The minimum absolute atomic E-state index is 0.235. The second-order valence-electron chi connectivity index (χ2n) is 3.20. The van der Waals surface area contributed by atoms with E-state index in [1.54, 1.807) is 24.3 Å². The molecule has 1 N–H and O–H groups in total. The molecule has 1 rings (SSSR count). The summed E-state index contributed by atoms with van der Waals surface area (Å²) < 4.78 is 0.704. The number of nitrogens with one attached hydrogen (secondary N) is 1. The predicted molar refractivity (Wildman–Crippen MR) is 76.6 cm³/mol. The number of hydrogen-bond acceptors (Lipinski definition) is 1. The molecule has 0 radical (unpaired) electrons. The summed E-state index contributed by atoms with van der Waals surface area (Å²) in [6.07, 6.45) is 2.96. The molecule has 0 fully saturated rings. The lowest BCUT2D eigenvalue weighted by atomic mass is 10.2. The molecule has 5 heteroatoms. The van der Waals surface area contributed by atoms with Gasteiger partial charge in [-0.25, -0.2) is 0 Å². The maximum Gasteiger partial charge on any atom is 0.244 e. The molecule has 2 nitrogen and oxygen atoms in total. The van der Waals surface area contributed by atoms with Gasteiger partial charge in [0.15, 0.2) is 0 Å². The summed E-state index contributed by atoms with van der Waals surface area (Å²) in [6.45, 7) is 3.98. The molecule has 1 amide bonds. The summed E-state index contributed by atoms with van der Waals surface area (Å²) >= 11 is 15.0. The van der Waals surface area contributed by atoms with Crippen molar-refractivity contribution in [3.63, 3.8) is 0 Å². The van der Waals surface area contributed by atoms with Crippen molar-refractivity contribution in [1.82, 2.24) is 5.32 Å². The number of benzene rings is 1. The van der Waals surface area contributed by atoms with Crippen molar-refractivity contribution >= 4 is 51.1 Å². The first-order valence-corrected chi connectivity index (χ1v) is 6.29. The topological polar surface area (TPSA) is 29.1 Å². The van der Waals surface area contributed by atoms with Crippen molar-refractivity contribution in [2.75, 3.05) is 6.54 Å². The number of halogens is 3. The fourth-order valence-corrected chi connectivity index (χ4v) is 1.73. The summed E-state index contributed by atoms with van der Waals surface area (Å²) in [7, 11) is 0. The van der Waals surface area contributed by atoms with Crippen molar-refractivity contribution in [3.8, 4) is 0 Å². The second-order valence-corrected chi connectivity index (χ2v) is 5.14. The Hall–Kier alpha value is -0.770. The quantitative estimate of drug-likeness (QED) is 0.827. The van der Waals surface area contributed by atoms with E-state index >= 15 is 0 Å². The highest BCUT2D eigenvalue weighted by atomic mass is 79.9. The van der Waals surface area contributed by atoms with Crippen molar-refractivity contribution < 1.29 is 4.79 Å². The highest BCUT2D eigenvalue weighted by molar-refractivity contribution is 9.11. The Morgan fingerprint density at radius 1 is 1.41 bits per heavy atom. The molecular weight excluding hydrogens is 325 g/mol. The van der Waals surface area contributed by atoms with E-state index < -0.39 is 0 Å². The zero-order chi connectivity index (χ0) is 12.8. The van der Waals surface area contributed by atoms with Crippen LogP contribution in [0.15, 0.2) is 35.3 Å². The molecule has 0 spiro atoms. The first kappa shape index (κ1) is 14.3. The van der Waals surface area contributed by atoms with Crippen LogP contribution in [0.25, 0.3) is 6.08 Å². The standard InChI is InChI=1S/C12H10BrCl2NO/c1-8(13)7-16-12(17)6-5-9-10(14)3-2-4-11(9)15/h2-6H,1,7H2,(H,16,17)/b6-5+. The fraction of sp³-hybridized carbons (Fsp3) is 0.0833. The molecule has 0 atom stereocenters. The molecule has 17 heavy (non-hydrogen) atoms. The highest BCUT2D eigenvalue weighted by Gasteiger charge is 2.02. The molecule has 0 aliphatic carbocycles. The van der Waals surface area contributed by atoms with Crippen molar-refractivity contribution in [3.05, 3.63) is 50.9 Å². The predicted octanol–water partition coefficient (Wildman–Crippen LogP) is 4.03. The average molecular weight is 335 g/mol. The van der Waals surface area contributed by atoms with E-state index in [-0.39, 0.29) is 5.91 Å². The van der Waals surface area contributed by atoms with Crippen LogP contribution in [0.2, 0.25) is 10.0 Å². The smallest absolute Gasteiger partial charge is 0.244 e. The molecule has 0 aliphatic rings. The zero-order valence-corrected chi connectivity index (χ0v) is 11.9. The summed E-state index contributed by atoms with van der Waals surface area (Å²) in [5.41, 5.74) is 0.628. The van der Waals surface area contributed by atoms with E-state index in [2.05, 4.69) is 27.8 Å². The molecule has 1 aromatic rings. The van der Waals surface area contributed by atoms with Gasteiger partial charge in [-0.2, -0.15) is 0 Å². The van der Waals surface area contributed by atoms with Gasteiger partial charge in [-0.15, -0.1) is 0 Å². The van der Waals surface area contributed by atoms with Gasteiger partial charge in [-0.3, -0.25) is 4.79 Å². The third-order valence-electron chi connectivity index (χ3n) is 1.86. The van der Waals surface area contributed by atoms with Crippen LogP contribution in [0.3, 0.4) is 0 Å². The van der Waals surface area contributed by atoms with Crippen molar-refractivity contribution in [2.24, 2.45) is 0 Å². The minimum atomic E-state index is -0.235. The van der Waals surface area contributed by atoms with Gasteiger partial charge in [0.1, 0.15) is 0 Å². The molecule has 90 valence electrons. The molecule has 0 heterocycles.